The standard InChI is InChI=1S/C13H16F3NO4/c1-17(12(18)21-8-13(14,15)16)7-9-5-4-6-10(19-2)11(9)20-3/h4-6H,7-8H2,1-3H3. The van der Waals surface area contributed by atoms with Crippen molar-refractivity contribution in [3.05, 3.63) is 23.8 Å². The van der Waals surface area contributed by atoms with E-state index in [-0.39, 0.29) is 6.54 Å². The van der Waals surface area contributed by atoms with E-state index in [9.17, 15) is 18.0 Å². The summed E-state index contributed by atoms with van der Waals surface area (Å²) in [4.78, 5) is 12.5. The van der Waals surface area contributed by atoms with Crippen molar-refractivity contribution in [3.8, 4) is 11.5 Å². The molecule has 0 aliphatic heterocycles. The molecular formula is C13H16F3NO4. The van der Waals surface area contributed by atoms with Gasteiger partial charge in [0.15, 0.2) is 18.1 Å². The summed E-state index contributed by atoms with van der Waals surface area (Å²) in [6, 6.07) is 5.03. The van der Waals surface area contributed by atoms with Gasteiger partial charge in [-0.25, -0.2) is 4.79 Å². The van der Waals surface area contributed by atoms with Crippen molar-refractivity contribution < 1.29 is 32.2 Å². The Balaban J connectivity index is 2.74. The smallest absolute Gasteiger partial charge is 0.422 e. The van der Waals surface area contributed by atoms with Crippen molar-refractivity contribution in [1.82, 2.24) is 4.90 Å². The molecule has 8 heteroatoms. The first-order valence-electron chi connectivity index (χ1n) is 5.93. The third kappa shape index (κ3) is 5.05. The Labute approximate surface area is 120 Å². The first kappa shape index (κ1) is 16.9. The van der Waals surface area contributed by atoms with Crippen LogP contribution in [0.3, 0.4) is 0 Å². The van der Waals surface area contributed by atoms with E-state index in [1.165, 1.54) is 21.3 Å². The van der Waals surface area contributed by atoms with Gasteiger partial charge in [0.05, 0.1) is 20.8 Å². The topological polar surface area (TPSA) is 48.0 Å². The summed E-state index contributed by atoms with van der Waals surface area (Å²) in [6.07, 6.45) is -5.62. The van der Waals surface area contributed by atoms with E-state index in [2.05, 4.69) is 4.74 Å². The summed E-state index contributed by atoms with van der Waals surface area (Å²) in [5.41, 5.74) is 0.586. The number of methoxy groups -OCH3 is 2. The van der Waals surface area contributed by atoms with Crippen LogP contribution < -0.4 is 9.47 Å². The van der Waals surface area contributed by atoms with Crippen LogP contribution in [-0.4, -0.2) is 45.0 Å². The van der Waals surface area contributed by atoms with Gasteiger partial charge in [0.2, 0.25) is 0 Å². The van der Waals surface area contributed by atoms with Crippen LogP contribution in [-0.2, 0) is 11.3 Å². The van der Waals surface area contributed by atoms with Gasteiger partial charge in [0.25, 0.3) is 0 Å². The fourth-order valence-corrected chi connectivity index (χ4v) is 1.65. The molecule has 0 aromatic heterocycles. The fraction of sp³-hybridized carbons (Fsp3) is 0.462. The molecule has 1 amide bonds. The van der Waals surface area contributed by atoms with Gasteiger partial charge in [-0.15, -0.1) is 0 Å². The lowest BCUT2D eigenvalue weighted by Gasteiger charge is -2.20. The molecule has 118 valence electrons. The molecule has 0 bridgehead atoms. The SMILES string of the molecule is COc1cccc(CN(C)C(=O)OCC(F)(F)F)c1OC. The number of alkyl halides is 3. The molecule has 0 heterocycles. The molecule has 1 rings (SSSR count). The van der Waals surface area contributed by atoms with Crippen molar-refractivity contribution >= 4 is 6.09 Å². The highest BCUT2D eigenvalue weighted by molar-refractivity contribution is 5.67. The number of hydrogen-bond acceptors (Lipinski definition) is 4. The maximum atomic E-state index is 12.0. The summed E-state index contributed by atoms with van der Waals surface area (Å²) in [7, 11) is 4.23. The van der Waals surface area contributed by atoms with Crippen LogP contribution in [0.15, 0.2) is 18.2 Å². The number of hydrogen-bond donors (Lipinski definition) is 0. The van der Waals surface area contributed by atoms with Crippen molar-refractivity contribution in [2.75, 3.05) is 27.9 Å². The molecule has 0 aliphatic carbocycles. The summed E-state index contributed by atoms with van der Waals surface area (Å²) >= 11 is 0. The van der Waals surface area contributed by atoms with Gasteiger partial charge < -0.3 is 19.1 Å². The minimum absolute atomic E-state index is 0.0249. The Bertz CT molecular complexity index is 491. The maximum Gasteiger partial charge on any atom is 0.422 e. The Kier molecular flexibility index (Phi) is 5.69. The highest BCUT2D eigenvalue weighted by atomic mass is 19.4. The molecule has 0 saturated carbocycles. The van der Waals surface area contributed by atoms with E-state index in [1.807, 2.05) is 0 Å². The molecule has 0 fully saturated rings. The predicted molar refractivity (Wildman–Crippen MR) is 68.4 cm³/mol. The molecule has 0 unspecified atom stereocenters. The zero-order chi connectivity index (χ0) is 16.0. The van der Waals surface area contributed by atoms with Crippen LogP contribution in [0.2, 0.25) is 0 Å². The van der Waals surface area contributed by atoms with E-state index in [1.54, 1.807) is 18.2 Å². The van der Waals surface area contributed by atoms with E-state index in [0.717, 1.165) is 4.90 Å². The maximum absolute atomic E-state index is 12.0. The van der Waals surface area contributed by atoms with Crippen molar-refractivity contribution in [2.24, 2.45) is 0 Å². The summed E-state index contributed by atoms with van der Waals surface area (Å²) in [5.74, 6) is 0.877. The Hall–Kier alpha value is -2.12. The number of carbonyl (C=O) groups excluding carboxylic acids is 1. The van der Waals surface area contributed by atoms with Crippen LogP contribution in [0.4, 0.5) is 18.0 Å². The normalized spacial score (nSPS) is 11.0. The van der Waals surface area contributed by atoms with Gasteiger partial charge in [-0.05, 0) is 6.07 Å². The van der Waals surface area contributed by atoms with Gasteiger partial charge in [0, 0.05) is 12.6 Å². The molecule has 1 aromatic carbocycles. The lowest BCUT2D eigenvalue weighted by molar-refractivity contribution is -0.162. The molecule has 0 radical (unpaired) electrons. The molecule has 0 spiro atoms. The van der Waals surface area contributed by atoms with Crippen LogP contribution in [0, 0.1) is 0 Å². The predicted octanol–water partition coefficient (Wildman–Crippen LogP) is 2.83. The van der Waals surface area contributed by atoms with E-state index in [4.69, 9.17) is 9.47 Å². The van der Waals surface area contributed by atoms with E-state index < -0.39 is 18.9 Å². The quantitative estimate of drug-likeness (QED) is 0.839. The van der Waals surface area contributed by atoms with Crippen LogP contribution in [0.25, 0.3) is 0 Å². The first-order valence-corrected chi connectivity index (χ1v) is 5.93. The van der Waals surface area contributed by atoms with Crippen molar-refractivity contribution in [3.63, 3.8) is 0 Å². The zero-order valence-corrected chi connectivity index (χ0v) is 11.9. The van der Waals surface area contributed by atoms with E-state index in [0.29, 0.717) is 17.1 Å². The van der Waals surface area contributed by atoms with E-state index >= 15 is 0 Å². The van der Waals surface area contributed by atoms with Crippen LogP contribution in [0.1, 0.15) is 5.56 Å². The number of carbonyl (C=O) groups is 1. The number of benzene rings is 1. The van der Waals surface area contributed by atoms with Gasteiger partial charge in [-0.2, -0.15) is 13.2 Å². The second-order valence-electron chi connectivity index (χ2n) is 4.18. The van der Waals surface area contributed by atoms with Crippen LogP contribution in [0.5, 0.6) is 11.5 Å². The number of nitrogens with zero attached hydrogens (tertiary/aromatic N) is 1. The average Bonchev–Trinajstić information content (AvgIpc) is 2.43. The third-order valence-electron chi connectivity index (χ3n) is 2.56. The van der Waals surface area contributed by atoms with Crippen LogP contribution >= 0.6 is 0 Å². The summed E-state index contributed by atoms with van der Waals surface area (Å²) < 4.78 is 50.4. The number of rotatable bonds is 5. The molecule has 0 aliphatic rings. The largest absolute Gasteiger partial charge is 0.493 e. The van der Waals surface area contributed by atoms with Gasteiger partial charge in [-0.1, -0.05) is 12.1 Å². The molecule has 5 nitrogen and oxygen atoms in total. The molecule has 1 aromatic rings. The summed E-state index contributed by atoms with van der Waals surface area (Å²) in [6.45, 7) is -1.59. The molecule has 0 atom stereocenters. The Morgan fingerprint density at radius 2 is 1.90 bits per heavy atom. The molecular weight excluding hydrogens is 291 g/mol. The lowest BCUT2D eigenvalue weighted by Crippen LogP contribution is -2.30. The first-order chi connectivity index (χ1) is 9.78. The Morgan fingerprint density at radius 1 is 1.24 bits per heavy atom. The zero-order valence-electron chi connectivity index (χ0n) is 11.9. The molecule has 21 heavy (non-hydrogen) atoms. The third-order valence-corrected chi connectivity index (χ3v) is 2.56. The summed E-state index contributed by atoms with van der Waals surface area (Å²) in [5, 5.41) is 0. The van der Waals surface area contributed by atoms with Gasteiger partial charge >= 0.3 is 12.3 Å². The van der Waals surface area contributed by atoms with Crippen molar-refractivity contribution in [2.45, 2.75) is 12.7 Å². The number of para-hydroxylation sites is 1. The lowest BCUT2D eigenvalue weighted by atomic mass is 10.2. The number of halogens is 3. The Morgan fingerprint density at radius 3 is 2.43 bits per heavy atom. The van der Waals surface area contributed by atoms with Gasteiger partial charge in [0.1, 0.15) is 0 Å². The number of amides is 1. The number of ether oxygens (including phenoxy) is 3. The second-order valence-corrected chi connectivity index (χ2v) is 4.18. The fourth-order valence-electron chi connectivity index (χ4n) is 1.65. The average molecular weight is 307 g/mol. The highest BCUT2D eigenvalue weighted by Crippen LogP contribution is 2.31. The monoisotopic (exact) mass is 307 g/mol. The van der Waals surface area contributed by atoms with Crippen molar-refractivity contribution in [1.29, 1.82) is 0 Å². The minimum Gasteiger partial charge on any atom is -0.493 e. The highest BCUT2D eigenvalue weighted by Gasteiger charge is 2.30. The molecule has 0 N–H and O–H groups in total. The minimum atomic E-state index is -4.55. The van der Waals surface area contributed by atoms with Gasteiger partial charge in [-0.3, -0.25) is 0 Å². The molecule has 0 saturated heterocycles. The second kappa shape index (κ2) is 7.05.